The second kappa shape index (κ2) is 7.43. The van der Waals surface area contributed by atoms with Crippen LogP contribution >= 0.6 is 0 Å². The van der Waals surface area contributed by atoms with Crippen LogP contribution in [-0.2, 0) is 11.3 Å². The molecule has 2 aromatic heterocycles. The molecule has 154 valence electrons. The summed E-state index contributed by atoms with van der Waals surface area (Å²) < 4.78 is 27.2. The van der Waals surface area contributed by atoms with Crippen LogP contribution in [0.1, 0.15) is 11.8 Å². The fourth-order valence-electron chi connectivity index (χ4n) is 3.44. The van der Waals surface area contributed by atoms with Gasteiger partial charge in [-0.05, 0) is 17.7 Å². The van der Waals surface area contributed by atoms with Crippen molar-refractivity contribution in [3.05, 3.63) is 46.5 Å². The monoisotopic (exact) mass is 405 g/mol. The second-order valence-corrected chi connectivity index (χ2v) is 6.71. The van der Waals surface area contributed by atoms with Crippen molar-refractivity contribution in [1.29, 1.82) is 0 Å². The molecule has 0 unspecified atom stereocenters. The van der Waals surface area contributed by atoms with Crippen LogP contribution in [0.2, 0.25) is 0 Å². The number of aliphatic hydroxyl groups is 2. The minimum Gasteiger partial charge on any atom is -0.497 e. The van der Waals surface area contributed by atoms with Crippen molar-refractivity contribution >= 4 is 17.1 Å². The Morgan fingerprint density at radius 2 is 2.07 bits per heavy atom. The van der Waals surface area contributed by atoms with Crippen molar-refractivity contribution in [1.82, 2.24) is 19.1 Å². The highest BCUT2D eigenvalue weighted by molar-refractivity contribution is 5.72. The highest BCUT2D eigenvalue weighted by Gasteiger charge is 2.46. The number of methoxy groups -OCH3 is 1. The zero-order valence-electron chi connectivity index (χ0n) is 15.5. The Bertz CT molecular complexity index is 1080. The van der Waals surface area contributed by atoms with Gasteiger partial charge >= 0.3 is 5.69 Å². The minimum atomic E-state index is -1.85. The molecule has 4 rings (SSSR count). The quantitative estimate of drug-likeness (QED) is 0.532. The smallest absolute Gasteiger partial charge is 0.332 e. The van der Waals surface area contributed by atoms with Gasteiger partial charge in [-0.1, -0.05) is 12.1 Å². The van der Waals surface area contributed by atoms with Gasteiger partial charge in [-0.25, -0.2) is 18.7 Å². The molecule has 0 amide bonds. The van der Waals surface area contributed by atoms with Crippen LogP contribution in [0, 0.1) is 0 Å². The number of rotatable bonds is 5. The van der Waals surface area contributed by atoms with Crippen LogP contribution in [0.15, 0.2) is 35.3 Å². The van der Waals surface area contributed by atoms with E-state index in [2.05, 4.69) is 9.97 Å². The number of anilines is 1. The lowest BCUT2D eigenvalue weighted by molar-refractivity contribution is -0.0513. The summed E-state index contributed by atoms with van der Waals surface area (Å²) in [6.45, 7) is -0.462. The van der Waals surface area contributed by atoms with E-state index in [1.165, 1.54) is 10.8 Å². The number of nitrogens with two attached hydrogens (primary N) is 1. The summed E-state index contributed by atoms with van der Waals surface area (Å²) >= 11 is 0. The molecule has 0 radical (unpaired) electrons. The normalized spacial score (nSPS) is 24.3. The molecule has 1 aliphatic heterocycles. The van der Waals surface area contributed by atoms with E-state index < -0.39 is 36.9 Å². The van der Waals surface area contributed by atoms with Gasteiger partial charge in [0.05, 0.1) is 26.5 Å². The first-order valence-corrected chi connectivity index (χ1v) is 8.89. The third kappa shape index (κ3) is 3.22. The molecule has 0 saturated carbocycles. The number of halogens is 1. The molecule has 0 bridgehead atoms. The topological polar surface area (TPSA) is 138 Å². The lowest BCUT2D eigenvalue weighted by Crippen LogP contribution is -2.34. The van der Waals surface area contributed by atoms with E-state index >= 15 is 0 Å². The number of alkyl halides is 1. The number of aromatic nitrogens is 4. The lowest BCUT2D eigenvalue weighted by Gasteiger charge is -2.15. The number of nitrogens with zero attached hydrogens (tertiary/aromatic N) is 4. The van der Waals surface area contributed by atoms with Crippen molar-refractivity contribution in [2.45, 2.75) is 31.2 Å². The third-order valence-electron chi connectivity index (χ3n) is 4.95. The van der Waals surface area contributed by atoms with Crippen molar-refractivity contribution in [3.8, 4) is 5.75 Å². The van der Waals surface area contributed by atoms with Crippen LogP contribution in [0.3, 0.4) is 0 Å². The number of benzene rings is 1. The van der Waals surface area contributed by atoms with E-state index in [-0.39, 0.29) is 18.1 Å². The average molecular weight is 405 g/mol. The molecule has 0 spiro atoms. The van der Waals surface area contributed by atoms with Crippen LogP contribution in [0.5, 0.6) is 5.75 Å². The zero-order valence-corrected chi connectivity index (χ0v) is 15.5. The van der Waals surface area contributed by atoms with E-state index in [9.17, 15) is 19.4 Å². The van der Waals surface area contributed by atoms with Gasteiger partial charge in [0.2, 0.25) is 5.95 Å². The van der Waals surface area contributed by atoms with Crippen molar-refractivity contribution < 1.29 is 24.1 Å². The summed E-state index contributed by atoms with van der Waals surface area (Å²) in [6.07, 6.45) is -4.72. The first-order valence-electron chi connectivity index (χ1n) is 8.89. The third-order valence-corrected chi connectivity index (χ3v) is 4.95. The predicted octanol–water partition coefficient (Wildman–Crippen LogP) is -0.179. The molecule has 1 aromatic carbocycles. The molecule has 0 aliphatic carbocycles. The Labute approximate surface area is 163 Å². The number of aliphatic hydroxyl groups excluding tert-OH is 2. The Kier molecular flexibility index (Phi) is 4.94. The maximum absolute atomic E-state index is 14.2. The average Bonchev–Trinajstić information content (AvgIpc) is 3.15. The Balaban J connectivity index is 1.82. The van der Waals surface area contributed by atoms with Crippen LogP contribution in [0.25, 0.3) is 11.2 Å². The highest BCUT2D eigenvalue weighted by atomic mass is 19.1. The number of imidazole rings is 1. The molecule has 1 saturated heterocycles. The zero-order chi connectivity index (χ0) is 20.7. The highest BCUT2D eigenvalue weighted by Crippen LogP contribution is 2.32. The second-order valence-electron chi connectivity index (χ2n) is 6.71. The van der Waals surface area contributed by atoms with E-state index in [1.807, 2.05) is 0 Å². The fraction of sp³-hybridized carbons (Fsp3) is 0.389. The van der Waals surface area contributed by atoms with Crippen molar-refractivity contribution in [2.75, 3.05) is 19.5 Å². The fourth-order valence-corrected chi connectivity index (χ4v) is 3.44. The Morgan fingerprint density at radius 3 is 2.69 bits per heavy atom. The summed E-state index contributed by atoms with van der Waals surface area (Å²) in [4.78, 5) is 21.2. The van der Waals surface area contributed by atoms with Gasteiger partial charge in [-0.3, -0.25) is 4.57 Å². The first-order chi connectivity index (χ1) is 13.9. The van der Waals surface area contributed by atoms with E-state index in [0.717, 1.165) is 10.1 Å². The minimum absolute atomic E-state index is 0.0872. The molecule has 1 aliphatic rings. The summed E-state index contributed by atoms with van der Waals surface area (Å²) in [5.74, 6) is 0.585. The van der Waals surface area contributed by atoms with E-state index in [0.29, 0.717) is 11.3 Å². The van der Waals surface area contributed by atoms with E-state index in [1.54, 1.807) is 31.4 Å². The number of hydrogen-bond donors (Lipinski definition) is 3. The van der Waals surface area contributed by atoms with Crippen molar-refractivity contribution in [2.24, 2.45) is 0 Å². The van der Waals surface area contributed by atoms with Crippen LogP contribution < -0.4 is 16.2 Å². The van der Waals surface area contributed by atoms with E-state index in [4.69, 9.17) is 15.2 Å². The maximum atomic E-state index is 14.2. The van der Waals surface area contributed by atoms with Crippen LogP contribution in [-0.4, -0.2) is 61.4 Å². The standard InChI is InChI=1S/C18H20FN5O5/c1-28-10-4-2-9(3-5-10)7-23-11-6-21-17(20)22-15(11)24(18(23)27)16-14(26)13(19)12(8-25)29-16/h2-6,12-14,16,25-26H,7-8H2,1H3,(H2,20,21,22)/t12-,13-,14-,16-/m1/s1. The lowest BCUT2D eigenvalue weighted by atomic mass is 10.1. The summed E-state index contributed by atoms with van der Waals surface area (Å²) in [5.41, 5.74) is 6.34. The van der Waals surface area contributed by atoms with Gasteiger partial charge in [0.1, 0.15) is 23.5 Å². The first kappa shape index (κ1) is 19.3. The molecule has 4 N–H and O–H groups in total. The number of nitrogen functional groups attached to an aromatic ring is 1. The maximum Gasteiger partial charge on any atom is 0.332 e. The molecular formula is C18H20FN5O5. The molecule has 10 nitrogen and oxygen atoms in total. The largest absolute Gasteiger partial charge is 0.497 e. The SMILES string of the molecule is COc1ccc(Cn2c(=O)n([C@@H]3O[C@H](CO)[C@@H](F)[C@H]3O)c3nc(N)ncc32)cc1. The molecule has 4 atom stereocenters. The summed E-state index contributed by atoms with van der Waals surface area (Å²) in [5, 5.41) is 19.5. The molecule has 11 heteroatoms. The Hall–Kier alpha value is -3.02. The van der Waals surface area contributed by atoms with Gasteiger partial charge in [0.25, 0.3) is 0 Å². The molecule has 29 heavy (non-hydrogen) atoms. The number of hydrogen-bond acceptors (Lipinski definition) is 8. The molecule has 3 heterocycles. The molecule has 3 aromatic rings. The van der Waals surface area contributed by atoms with Gasteiger partial charge < -0.3 is 25.4 Å². The number of ether oxygens (including phenoxy) is 2. The van der Waals surface area contributed by atoms with Crippen LogP contribution in [0.4, 0.5) is 10.3 Å². The Morgan fingerprint density at radius 1 is 1.34 bits per heavy atom. The van der Waals surface area contributed by atoms with Gasteiger partial charge in [0, 0.05) is 0 Å². The van der Waals surface area contributed by atoms with Gasteiger partial charge in [-0.15, -0.1) is 0 Å². The molecular weight excluding hydrogens is 385 g/mol. The summed E-state index contributed by atoms with van der Waals surface area (Å²) in [6, 6.07) is 7.12. The predicted molar refractivity (Wildman–Crippen MR) is 100 cm³/mol. The van der Waals surface area contributed by atoms with Gasteiger partial charge in [0.15, 0.2) is 18.0 Å². The summed E-state index contributed by atoms with van der Waals surface area (Å²) in [7, 11) is 1.56. The number of fused-ring (bicyclic) bond motifs is 1. The van der Waals surface area contributed by atoms with Gasteiger partial charge in [-0.2, -0.15) is 4.98 Å². The molecule has 1 fully saturated rings. The van der Waals surface area contributed by atoms with Crippen molar-refractivity contribution in [3.63, 3.8) is 0 Å².